The van der Waals surface area contributed by atoms with Crippen LogP contribution >= 0.6 is 0 Å². The second-order valence-electron chi connectivity index (χ2n) is 6.20. The lowest BCUT2D eigenvalue weighted by atomic mass is 10.1. The van der Waals surface area contributed by atoms with Gasteiger partial charge in [0.1, 0.15) is 17.8 Å². The molecule has 1 amide bonds. The van der Waals surface area contributed by atoms with Crippen molar-refractivity contribution in [1.29, 1.82) is 0 Å². The van der Waals surface area contributed by atoms with Crippen molar-refractivity contribution in [2.45, 2.75) is 6.61 Å². The highest BCUT2D eigenvalue weighted by Gasteiger charge is 2.06. The van der Waals surface area contributed by atoms with Gasteiger partial charge in [-0.1, -0.05) is 66.7 Å². The van der Waals surface area contributed by atoms with Gasteiger partial charge in [-0.2, -0.15) is 0 Å². The summed E-state index contributed by atoms with van der Waals surface area (Å²) in [5.74, 6) is 0. The molecular weight excluding hydrogens is 338 g/mol. The molecule has 1 aromatic heterocycles. The second kappa shape index (κ2) is 7.79. The Bertz CT molecular complexity index is 1100. The summed E-state index contributed by atoms with van der Waals surface area (Å²) in [6.45, 7) is 0.665. The number of hydrogen-bond donors (Lipinski definition) is 1. The Kier molecular flexibility index (Phi) is 4.88. The summed E-state index contributed by atoms with van der Waals surface area (Å²) in [5.41, 5.74) is 3.77. The third-order valence-electron chi connectivity index (χ3n) is 4.29. The third kappa shape index (κ3) is 4.01. The molecule has 4 heteroatoms. The highest BCUT2D eigenvalue weighted by Crippen LogP contribution is 2.29. The fourth-order valence-corrected chi connectivity index (χ4v) is 2.96. The van der Waals surface area contributed by atoms with Gasteiger partial charge in [-0.25, -0.2) is 4.79 Å². The van der Waals surface area contributed by atoms with E-state index in [0.29, 0.717) is 6.54 Å². The first-order valence-electron chi connectivity index (χ1n) is 8.82. The van der Waals surface area contributed by atoms with Crippen molar-refractivity contribution in [2.75, 3.05) is 6.54 Å². The minimum absolute atomic E-state index is 0.265. The Morgan fingerprint density at radius 2 is 1.70 bits per heavy atom. The summed E-state index contributed by atoms with van der Waals surface area (Å²) in [7, 11) is 0. The average molecular weight is 357 g/mol. The van der Waals surface area contributed by atoms with Gasteiger partial charge < -0.3 is 14.5 Å². The lowest BCUT2D eigenvalue weighted by Gasteiger charge is -2.05. The maximum atomic E-state index is 11.7. The Balaban J connectivity index is 1.34. The van der Waals surface area contributed by atoms with E-state index in [-0.39, 0.29) is 6.61 Å². The lowest BCUT2D eigenvalue weighted by molar-refractivity contribution is 0.141. The average Bonchev–Trinajstić information content (AvgIpc) is 3.08. The van der Waals surface area contributed by atoms with E-state index in [0.717, 1.165) is 33.1 Å². The molecule has 0 radical (unpaired) electrons. The molecule has 0 aliphatic rings. The van der Waals surface area contributed by atoms with Gasteiger partial charge in [0, 0.05) is 17.3 Å². The molecular formula is C23H19NO3. The molecule has 1 heterocycles. The number of alkyl carbamates (subject to hydrolysis) is 1. The van der Waals surface area contributed by atoms with Crippen molar-refractivity contribution < 1.29 is 13.9 Å². The van der Waals surface area contributed by atoms with Crippen LogP contribution in [0.25, 0.3) is 28.0 Å². The number of nitrogens with one attached hydrogen (secondary N) is 1. The number of fused-ring (bicyclic) bond motifs is 3. The quantitative estimate of drug-likeness (QED) is 0.511. The number of hydrogen-bond acceptors (Lipinski definition) is 3. The highest BCUT2D eigenvalue weighted by atomic mass is 16.5. The number of benzene rings is 3. The zero-order valence-corrected chi connectivity index (χ0v) is 14.7. The van der Waals surface area contributed by atoms with Crippen molar-refractivity contribution in [1.82, 2.24) is 5.32 Å². The number of carbonyl (C=O) groups is 1. The van der Waals surface area contributed by atoms with Crippen LogP contribution in [-0.2, 0) is 11.3 Å². The van der Waals surface area contributed by atoms with E-state index in [4.69, 9.17) is 9.15 Å². The number of rotatable bonds is 5. The van der Waals surface area contributed by atoms with E-state index < -0.39 is 6.09 Å². The standard InChI is InChI=1S/C23H19NO3/c25-23(26-16-18-7-2-1-3-8-18)24-14-6-9-17-12-13-22-20(15-17)19-10-4-5-11-21(19)27-22/h1-13,15H,14,16H2,(H,24,25). The summed E-state index contributed by atoms with van der Waals surface area (Å²) >= 11 is 0. The molecule has 0 saturated carbocycles. The van der Waals surface area contributed by atoms with Gasteiger partial charge in [-0.3, -0.25) is 0 Å². The van der Waals surface area contributed by atoms with Crippen LogP contribution in [0.2, 0.25) is 0 Å². The number of ether oxygens (including phenoxy) is 1. The van der Waals surface area contributed by atoms with Crippen LogP contribution in [0.3, 0.4) is 0 Å². The zero-order chi connectivity index (χ0) is 18.5. The number of carbonyl (C=O) groups excluding carboxylic acids is 1. The zero-order valence-electron chi connectivity index (χ0n) is 14.7. The van der Waals surface area contributed by atoms with Gasteiger partial charge in [-0.05, 0) is 29.3 Å². The molecule has 4 nitrogen and oxygen atoms in total. The molecule has 0 aliphatic heterocycles. The van der Waals surface area contributed by atoms with Gasteiger partial charge >= 0.3 is 6.09 Å². The van der Waals surface area contributed by atoms with Crippen molar-refractivity contribution >= 4 is 34.1 Å². The minimum Gasteiger partial charge on any atom is -0.456 e. The summed E-state index contributed by atoms with van der Waals surface area (Å²) in [4.78, 5) is 11.7. The third-order valence-corrected chi connectivity index (χ3v) is 4.29. The summed E-state index contributed by atoms with van der Waals surface area (Å²) < 4.78 is 11.0. The van der Waals surface area contributed by atoms with Gasteiger partial charge in [0.25, 0.3) is 0 Å². The molecule has 4 aromatic rings. The maximum absolute atomic E-state index is 11.7. The van der Waals surface area contributed by atoms with Gasteiger partial charge in [-0.15, -0.1) is 0 Å². The summed E-state index contributed by atoms with van der Waals surface area (Å²) in [6, 6.07) is 23.6. The Morgan fingerprint density at radius 1 is 0.926 bits per heavy atom. The van der Waals surface area contributed by atoms with E-state index in [9.17, 15) is 4.79 Å². The molecule has 134 valence electrons. The molecule has 0 atom stereocenters. The molecule has 3 aromatic carbocycles. The highest BCUT2D eigenvalue weighted by molar-refractivity contribution is 6.05. The fourth-order valence-electron chi connectivity index (χ4n) is 2.96. The van der Waals surface area contributed by atoms with E-state index in [1.54, 1.807) is 0 Å². The Morgan fingerprint density at radius 3 is 2.59 bits per heavy atom. The predicted octanol–water partition coefficient (Wildman–Crippen LogP) is 5.53. The predicted molar refractivity (Wildman–Crippen MR) is 107 cm³/mol. The van der Waals surface area contributed by atoms with Crippen molar-refractivity contribution in [2.24, 2.45) is 0 Å². The largest absolute Gasteiger partial charge is 0.456 e. The summed E-state index contributed by atoms with van der Waals surface area (Å²) in [6.07, 6.45) is 3.44. The van der Waals surface area contributed by atoms with Crippen LogP contribution in [0, 0.1) is 0 Å². The first-order valence-corrected chi connectivity index (χ1v) is 8.82. The van der Waals surface area contributed by atoms with Crippen molar-refractivity contribution in [3.8, 4) is 0 Å². The fraction of sp³-hybridized carbons (Fsp3) is 0.0870. The minimum atomic E-state index is -0.431. The first-order chi connectivity index (χ1) is 13.3. The number of para-hydroxylation sites is 1. The molecule has 0 aliphatic carbocycles. The Hall–Kier alpha value is -3.53. The van der Waals surface area contributed by atoms with Gasteiger partial charge in [0.05, 0.1) is 0 Å². The van der Waals surface area contributed by atoms with E-state index in [2.05, 4.69) is 17.4 Å². The number of amides is 1. The molecule has 1 N–H and O–H groups in total. The van der Waals surface area contributed by atoms with E-state index >= 15 is 0 Å². The lowest BCUT2D eigenvalue weighted by Crippen LogP contribution is -2.24. The van der Waals surface area contributed by atoms with E-state index in [1.165, 1.54) is 0 Å². The summed E-state index contributed by atoms with van der Waals surface area (Å²) in [5, 5.41) is 4.91. The number of furan rings is 1. The normalized spacial score (nSPS) is 11.3. The van der Waals surface area contributed by atoms with Crippen LogP contribution < -0.4 is 5.32 Å². The van der Waals surface area contributed by atoms with Crippen LogP contribution in [0.5, 0.6) is 0 Å². The van der Waals surface area contributed by atoms with Crippen LogP contribution in [0.15, 0.2) is 83.3 Å². The van der Waals surface area contributed by atoms with E-state index in [1.807, 2.05) is 72.8 Å². The molecule has 4 rings (SSSR count). The van der Waals surface area contributed by atoms with Crippen molar-refractivity contribution in [3.05, 3.63) is 90.0 Å². The molecule has 0 unspecified atom stereocenters. The van der Waals surface area contributed by atoms with Crippen LogP contribution in [-0.4, -0.2) is 12.6 Å². The van der Waals surface area contributed by atoms with Gasteiger partial charge in [0.2, 0.25) is 0 Å². The molecule has 27 heavy (non-hydrogen) atoms. The first kappa shape index (κ1) is 16.9. The molecule has 0 spiro atoms. The SMILES string of the molecule is O=C(NCC=Cc1ccc2oc3ccccc3c2c1)OCc1ccccc1. The molecule has 0 fully saturated rings. The smallest absolute Gasteiger partial charge is 0.407 e. The van der Waals surface area contributed by atoms with Crippen LogP contribution in [0.4, 0.5) is 4.79 Å². The monoisotopic (exact) mass is 357 g/mol. The van der Waals surface area contributed by atoms with Crippen LogP contribution in [0.1, 0.15) is 11.1 Å². The molecule has 0 bridgehead atoms. The van der Waals surface area contributed by atoms with Crippen molar-refractivity contribution in [3.63, 3.8) is 0 Å². The van der Waals surface area contributed by atoms with Gasteiger partial charge in [0.15, 0.2) is 0 Å². The topological polar surface area (TPSA) is 51.5 Å². The molecule has 0 saturated heterocycles. The second-order valence-corrected chi connectivity index (χ2v) is 6.20. The Labute approximate surface area is 157 Å². The maximum Gasteiger partial charge on any atom is 0.407 e.